The minimum atomic E-state index is -1.04. The number of aryl methyl sites for hydroxylation is 1. The molecule has 0 aliphatic heterocycles. The molecule has 0 bridgehead atoms. The number of imidazole rings is 1. The molecule has 0 unspecified atom stereocenters. The highest BCUT2D eigenvalue weighted by Gasteiger charge is 2.21. The Morgan fingerprint density at radius 1 is 1.07 bits per heavy atom. The number of anilines is 1. The van der Waals surface area contributed by atoms with Crippen molar-refractivity contribution in [2.24, 2.45) is 0 Å². The van der Waals surface area contributed by atoms with Crippen molar-refractivity contribution in [1.29, 1.82) is 0 Å². The number of benzene rings is 2. The van der Waals surface area contributed by atoms with E-state index < -0.39 is 23.4 Å². The Bertz CT molecular complexity index is 1220. The summed E-state index contributed by atoms with van der Waals surface area (Å²) in [5.41, 5.74) is 2.11. The minimum Gasteiger partial charge on any atom is -0.310 e. The third-order valence-electron chi connectivity index (χ3n) is 4.52. The fourth-order valence-corrected chi connectivity index (χ4v) is 3.10. The van der Waals surface area contributed by atoms with Crippen LogP contribution in [0.3, 0.4) is 0 Å². The van der Waals surface area contributed by atoms with Gasteiger partial charge in [0.05, 0.1) is 6.42 Å². The summed E-state index contributed by atoms with van der Waals surface area (Å²) >= 11 is 0. The molecule has 0 saturated heterocycles. The molecular weight excluding hydrogens is 379 g/mol. The van der Waals surface area contributed by atoms with Gasteiger partial charge in [-0.1, -0.05) is 18.2 Å². The highest BCUT2D eigenvalue weighted by atomic mass is 19.2. The van der Waals surface area contributed by atoms with Gasteiger partial charge < -0.3 is 5.32 Å². The van der Waals surface area contributed by atoms with E-state index in [-0.39, 0.29) is 23.5 Å². The molecule has 2 aromatic heterocycles. The summed E-state index contributed by atoms with van der Waals surface area (Å²) in [5.74, 6) is -2.59. The van der Waals surface area contributed by atoms with E-state index in [1.807, 2.05) is 13.0 Å². The lowest BCUT2D eigenvalue weighted by Gasteiger charge is -2.09. The highest BCUT2D eigenvalue weighted by molar-refractivity contribution is 5.95. The summed E-state index contributed by atoms with van der Waals surface area (Å²) in [5, 5.41) is 2.74. The molecule has 0 radical (unpaired) electrons. The summed E-state index contributed by atoms with van der Waals surface area (Å²) in [4.78, 5) is 17.0. The number of hydrogen-bond donors (Lipinski definition) is 1. The Morgan fingerprint density at radius 2 is 1.83 bits per heavy atom. The maximum absolute atomic E-state index is 14.4. The predicted octanol–water partition coefficient (Wildman–Crippen LogP) is 4.91. The van der Waals surface area contributed by atoms with Gasteiger partial charge in [-0.2, -0.15) is 0 Å². The van der Waals surface area contributed by atoms with Gasteiger partial charge in [-0.15, -0.1) is 0 Å². The summed E-state index contributed by atoms with van der Waals surface area (Å²) in [6, 6.07) is 13.0. The van der Waals surface area contributed by atoms with Crippen molar-refractivity contribution in [2.75, 3.05) is 5.32 Å². The van der Waals surface area contributed by atoms with Crippen molar-refractivity contribution in [1.82, 2.24) is 9.38 Å². The van der Waals surface area contributed by atoms with Crippen LogP contribution in [-0.2, 0) is 11.2 Å². The molecule has 2 heterocycles. The van der Waals surface area contributed by atoms with Crippen molar-refractivity contribution in [2.45, 2.75) is 13.3 Å². The molecule has 2 aromatic carbocycles. The molecule has 4 aromatic rings. The van der Waals surface area contributed by atoms with E-state index >= 15 is 0 Å². The number of carbonyl (C=O) groups is 1. The van der Waals surface area contributed by atoms with Crippen LogP contribution < -0.4 is 5.32 Å². The maximum atomic E-state index is 14.4. The van der Waals surface area contributed by atoms with Gasteiger partial charge in [-0.3, -0.25) is 9.20 Å². The molecule has 4 rings (SSSR count). The van der Waals surface area contributed by atoms with E-state index in [0.717, 1.165) is 11.6 Å². The van der Waals surface area contributed by atoms with E-state index in [2.05, 4.69) is 10.3 Å². The lowest BCUT2D eigenvalue weighted by Crippen LogP contribution is -2.16. The fourth-order valence-electron chi connectivity index (χ4n) is 3.10. The SMILES string of the molecule is Cc1ccn2c(NC(=O)Cc3ccc(F)cc3)c(-c3cccc(F)c3F)nc2c1. The van der Waals surface area contributed by atoms with Crippen LogP contribution in [0.2, 0.25) is 0 Å². The first-order chi connectivity index (χ1) is 13.9. The highest BCUT2D eigenvalue weighted by Crippen LogP contribution is 2.32. The number of fused-ring (bicyclic) bond motifs is 1. The largest absolute Gasteiger partial charge is 0.310 e. The Hall–Kier alpha value is -3.61. The number of pyridine rings is 1. The summed E-state index contributed by atoms with van der Waals surface area (Å²) in [6.07, 6.45) is 1.69. The monoisotopic (exact) mass is 395 g/mol. The molecule has 1 amide bonds. The molecule has 1 N–H and O–H groups in total. The zero-order valence-electron chi connectivity index (χ0n) is 15.4. The standard InChI is InChI=1S/C22H16F3N3O/c1-13-9-10-28-18(11-13)26-21(16-3-2-4-17(24)20(16)25)22(28)27-19(29)12-14-5-7-15(23)8-6-14/h2-11H,12H2,1H3,(H,27,29). The average molecular weight is 395 g/mol. The zero-order chi connectivity index (χ0) is 20.5. The zero-order valence-corrected chi connectivity index (χ0v) is 15.4. The van der Waals surface area contributed by atoms with Crippen molar-refractivity contribution >= 4 is 17.4 Å². The second kappa shape index (κ2) is 7.43. The number of aromatic nitrogens is 2. The molecule has 0 saturated carbocycles. The quantitative estimate of drug-likeness (QED) is 0.534. The molecule has 0 spiro atoms. The smallest absolute Gasteiger partial charge is 0.229 e. The van der Waals surface area contributed by atoms with Crippen LogP contribution in [0.4, 0.5) is 19.0 Å². The van der Waals surface area contributed by atoms with Crippen LogP contribution in [0.5, 0.6) is 0 Å². The van der Waals surface area contributed by atoms with Crippen molar-refractivity contribution in [3.8, 4) is 11.3 Å². The number of amides is 1. The molecule has 29 heavy (non-hydrogen) atoms. The lowest BCUT2D eigenvalue weighted by molar-refractivity contribution is -0.115. The van der Waals surface area contributed by atoms with E-state index in [0.29, 0.717) is 11.2 Å². The molecule has 0 atom stereocenters. The Balaban J connectivity index is 1.76. The molecule has 0 fully saturated rings. The van der Waals surface area contributed by atoms with Crippen LogP contribution in [-0.4, -0.2) is 15.3 Å². The van der Waals surface area contributed by atoms with Gasteiger partial charge in [0.25, 0.3) is 0 Å². The van der Waals surface area contributed by atoms with E-state index in [1.165, 1.54) is 36.4 Å². The maximum Gasteiger partial charge on any atom is 0.229 e. The number of carbonyl (C=O) groups excluding carboxylic acids is 1. The number of nitrogens with zero attached hydrogens (tertiary/aromatic N) is 2. The number of hydrogen-bond acceptors (Lipinski definition) is 2. The van der Waals surface area contributed by atoms with Crippen LogP contribution >= 0.6 is 0 Å². The Labute approximate surface area is 164 Å². The molecule has 146 valence electrons. The normalized spacial score (nSPS) is 11.0. The van der Waals surface area contributed by atoms with Crippen LogP contribution in [0.1, 0.15) is 11.1 Å². The van der Waals surface area contributed by atoms with Gasteiger partial charge in [0.1, 0.15) is 23.0 Å². The van der Waals surface area contributed by atoms with E-state index in [4.69, 9.17) is 0 Å². The van der Waals surface area contributed by atoms with E-state index in [1.54, 1.807) is 16.7 Å². The summed E-state index contributed by atoms with van der Waals surface area (Å²) in [7, 11) is 0. The number of nitrogens with one attached hydrogen (secondary N) is 1. The first kappa shape index (κ1) is 18.7. The lowest BCUT2D eigenvalue weighted by atomic mass is 10.1. The van der Waals surface area contributed by atoms with Gasteiger partial charge >= 0.3 is 0 Å². The molecule has 7 heteroatoms. The van der Waals surface area contributed by atoms with Crippen LogP contribution in [0.15, 0.2) is 60.8 Å². The molecular formula is C22H16F3N3O. The van der Waals surface area contributed by atoms with Crippen LogP contribution in [0, 0.1) is 24.4 Å². The molecule has 0 aliphatic rings. The first-order valence-electron chi connectivity index (χ1n) is 8.90. The number of halogens is 3. The van der Waals surface area contributed by atoms with Crippen molar-refractivity contribution in [3.05, 3.63) is 89.4 Å². The first-order valence-corrected chi connectivity index (χ1v) is 8.90. The second-order valence-corrected chi connectivity index (χ2v) is 6.69. The van der Waals surface area contributed by atoms with Gasteiger partial charge in [0, 0.05) is 11.8 Å². The second-order valence-electron chi connectivity index (χ2n) is 6.69. The topological polar surface area (TPSA) is 46.4 Å². The predicted molar refractivity (Wildman–Crippen MR) is 104 cm³/mol. The average Bonchev–Trinajstić information content (AvgIpc) is 3.03. The van der Waals surface area contributed by atoms with Crippen LogP contribution in [0.25, 0.3) is 16.9 Å². The molecule has 0 aliphatic carbocycles. The summed E-state index contributed by atoms with van der Waals surface area (Å²) < 4.78 is 42.9. The fraction of sp³-hybridized carbons (Fsp3) is 0.0909. The third kappa shape index (κ3) is 3.71. The van der Waals surface area contributed by atoms with Gasteiger partial charge in [0.15, 0.2) is 11.6 Å². The third-order valence-corrected chi connectivity index (χ3v) is 4.52. The summed E-state index contributed by atoms with van der Waals surface area (Å²) in [6.45, 7) is 1.88. The van der Waals surface area contributed by atoms with Gasteiger partial charge in [0.2, 0.25) is 5.91 Å². The minimum absolute atomic E-state index is 0.00948. The Morgan fingerprint density at radius 3 is 2.59 bits per heavy atom. The van der Waals surface area contributed by atoms with E-state index in [9.17, 15) is 18.0 Å². The van der Waals surface area contributed by atoms with Gasteiger partial charge in [-0.25, -0.2) is 18.2 Å². The Kier molecular flexibility index (Phi) is 4.80. The number of rotatable bonds is 4. The molecule has 4 nitrogen and oxygen atoms in total. The van der Waals surface area contributed by atoms with Gasteiger partial charge in [-0.05, 0) is 54.4 Å². The van der Waals surface area contributed by atoms with Crippen molar-refractivity contribution in [3.63, 3.8) is 0 Å². The van der Waals surface area contributed by atoms with Crippen molar-refractivity contribution < 1.29 is 18.0 Å².